The molecular formula is C16H20BrNO2S. The van der Waals surface area contributed by atoms with Gasteiger partial charge in [-0.3, -0.25) is 0 Å². The van der Waals surface area contributed by atoms with Gasteiger partial charge in [-0.1, -0.05) is 0 Å². The van der Waals surface area contributed by atoms with Crippen LogP contribution in [0.4, 0.5) is 0 Å². The third-order valence-electron chi connectivity index (χ3n) is 3.39. The zero-order chi connectivity index (χ0) is 15.4. The molecule has 0 radical (unpaired) electrons. The van der Waals surface area contributed by atoms with Crippen molar-refractivity contribution in [3.63, 3.8) is 0 Å². The van der Waals surface area contributed by atoms with Gasteiger partial charge in [0, 0.05) is 32.4 Å². The molecular weight excluding hydrogens is 350 g/mol. The zero-order valence-corrected chi connectivity index (χ0v) is 15.1. The summed E-state index contributed by atoms with van der Waals surface area (Å²) in [7, 11) is 3.37. The monoisotopic (exact) mass is 369 g/mol. The van der Waals surface area contributed by atoms with Gasteiger partial charge in [0.25, 0.3) is 0 Å². The van der Waals surface area contributed by atoms with Gasteiger partial charge in [0.15, 0.2) is 0 Å². The number of halogens is 1. The molecule has 3 nitrogen and oxygen atoms in total. The molecule has 0 bridgehead atoms. The van der Waals surface area contributed by atoms with E-state index in [-0.39, 0.29) is 6.04 Å². The molecule has 1 aromatic heterocycles. The summed E-state index contributed by atoms with van der Waals surface area (Å²) >= 11 is 5.36. The summed E-state index contributed by atoms with van der Waals surface area (Å²) in [4.78, 5) is 2.62. The highest BCUT2D eigenvalue weighted by Crippen LogP contribution is 2.30. The molecule has 0 aliphatic rings. The van der Waals surface area contributed by atoms with Crippen LogP contribution in [0.25, 0.3) is 0 Å². The fourth-order valence-corrected chi connectivity index (χ4v) is 3.70. The molecule has 0 aliphatic heterocycles. The normalized spacial score (nSPS) is 12.2. The van der Waals surface area contributed by atoms with Crippen molar-refractivity contribution in [2.24, 2.45) is 0 Å². The van der Waals surface area contributed by atoms with Gasteiger partial charge in [-0.25, -0.2) is 0 Å². The van der Waals surface area contributed by atoms with E-state index >= 15 is 0 Å². The van der Waals surface area contributed by atoms with Crippen molar-refractivity contribution >= 4 is 27.3 Å². The highest BCUT2D eigenvalue weighted by atomic mass is 79.9. The van der Waals surface area contributed by atoms with E-state index in [2.05, 4.69) is 41.2 Å². The van der Waals surface area contributed by atoms with E-state index < -0.39 is 0 Å². The molecule has 0 fully saturated rings. The molecule has 1 heterocycles. The predicted molar refractivity (Wildman–Crippen MR) is 91.6 cm³/mol. The fourth-order valence-electron chi connectivity index (χ4n) is 2.15. The number of benzene rings is 1. The van der Waals surface area contributed by atoms with Crippen molar-refractivity contribution in [3.05, 3.63) is 44.1 Å². The lowest BCUT2D eigenvalue weighted by molar-refractivity contribution is 0.391. The number of methoxy groups -OCH3 is 2. The van der Waals surface area contributed by atoms with Crippen LogP contribution in [0.1, 0.15) is 28.3 Å². The second kappa shape index (κ2) is 7.29. The number of nitrogens with one attached hydrogen (secondary N) is 1. The lowest BCUT2D eigenvalue weighted by atomic mass is 10.1. The smallest absolute Gasteiger partial charge is 0.123 e. The first-order valence-corrected chi connectivity index (χ1v) is 8.36. The van der Waals surface area contributed by atoms with Crippen molar-refractivity contribution in [2.45, 2.75) is 26.4 Å². The molecule has 0 saturated carbocycles. The molecule has 0 saturated heterocycles. The molecule has 0 aliphatic carbocycles. The van der Waals surface area contributed by atoms with Crippen molar-refractivity contribution in [1.29, 1.82) is 0 Å². The van der Waals surface area contributed by atoms with Crippen LogP contribution in [0.3, 0.4) is 0 Å². The molecule has 1 unspecified atom stereocenters. The number of aryl methyl sites for hydroxylation is 1. The quantitative estimate of drug-likeness (QED) is 0.801. The third kappa shape index (κ3) is 3.99. The Kier molecular flexibility index (Phi) is 5.67. The van der Waals surface area contributed by atoms with E-state index in [0.717, 1.165) is 23.6 Å². The number of thiophene rings is 1. The van der Waals surface area contributed by atoms with Crippen LogP contribution in [-0.4, -0.2) is 14.2 Å². The first-order chi connectivity index (χ1) is 10.0. The Bertz CT molecular complexity index is 593. The molecule has 0 spiro atoms. The standard InChI is InChI=1S/C16H20BrNO2S/c1-10(18-9-13-8-15(17)11(2)21-13)14-7-12(19-3)5-6-16(14)20-4/h5-8,10,18H,9H2,1-4H3. The Morgan fingerprint density at radius 2 is 2.00 bits per heavy atom. The van der Waals surface area contributed by atoms with Gasteiger partial charge in [-0.15, -0.1) is 11.3 Å². The number of rotatable bonds is 6. The van der Waals surface area contributed by atoms with Gasteiger partial charge in [0.2, 0.25) is 0 Å². The molecule has 21 heavy (non-hydrogen) atoms. The highest BCUT2D eigenvalue weighted by molar-refractivity contribution is 9.10. The van der Waals surface area contributed by atoms with E-state index in [0.29, 0.717) is 0 Å². The molecule has 1 atom stereocenters. The van der Waals surface area contributed by atoms with E-state index in [1.807, 2.05) is 18.2 Å². The van der Waals surface area contributed by atoms with E-state index in [4.69, 9.17) is 9.47 Å². The summed E-state index contributed by atoms with van der Waals surface area (Å²) in [6.07, 6.45) is 0. The Morgan fingerprint density at radius 1 is 1.24 bits per heavy atom. The summed E-state index contributed by atoms with van der Waals surface area (Å²) in [6, 6.07) is 8.22. The van der Waals surface area contributed by atoms with Crippen LogP contribution in [0.5, 0.6) is 11.5 Å². The minimum atomic E-state index is 0.177. The average molecular weight is 370 g/mol. The van der Waals surface area contributed by atoms with E-state index in [1.54, 1.807) is 25.6 Å². The first kappa shape index (κ1) is 16.3. The van der Waals surface area contributed by atoms with Gasteiger partial charge in [-0.2, -0.15) is 0 Å². The molecule has 5 heteroatoms. The lowest BCUT2D eigenvalue weighted by Gasteiger charge is -2.18. The molecule has 1 aromatic carbocycles. The lowest BCUT2D eigenvalue weighted by Crippen LogP contribution is -2.18. The molecule has 0 amide bonds. The molecule has 2 rings (SSSR count). The molecule has 2 aromatic rings. The Balaban J connectivity index is 2.10. The minimum absolute atomic E-state index is 0.177. The predicted octanol–water partition coefficient (Wildman–Crippen LogP) is 4.69. The van der Waals surface area contributed by atoms with Crippen molar-refractivity contribution < 1.29 is 9.47 Å². The minimum Gasteiger partial charge on any atom is -0.497 e. The van der Waals surface area contributed by atoms with Crippen LogP contribution in [0.2, 0.25) is 0 Å². The second-order valence-electron chi connectivity index (χ2n) is 4.83. The van der Waals surface area contributed by atoms with Gasteiger partial charge >= 0.3 is 0 Å². The van der Waals surface area contributed by atoms with E-state index in [9.17, 15) is 0 Å². The Labute approximate surface area is 138 Å². The Morgan fingerprint density at radius 3 is 2.57 bits per heavy atom. The summed E-state index contributed by atoms with van der Waals surface area (Å²) in [5.41, 5.74) is 1.10. The number of hydrogen-bond donors (Lipinski definition) is 1. The number of ether oxygens (including phenoxy) is 2. The maximum atomic E-state index is 5.44. The van der Waals surface area contributed by atoms with Crippen LogP contribution in [0, 0.1) is 6.92 Å². The van der Waals surface area contributed by atoms with Gasteiger partial charge in [0.1, 0.15) is 11.5 Å². The zero-order valence-electron chi connectivity index (χ0n) is 12.7. The van der Waals surface area contributed by atoms with Crippen LogP contribution >= 0.6 is 27.3 Å². The van der Waals surface area contributed by atoms with Crippen LogP contribution in [0.15, 0.2) is 28.7 Å². The maximum Gasteiger partial charge on any atom is 0.123 e. The van der Waals surface area contributed by atoms with Crippen LogP contribution < -0.4 is 14.8 Å². The third-order valence-corrected chi connectivity index (χ3v) is 5.53. The summed E-state index contributed by atoms with van der Waals surface area (Å²) in [5, 5.41) is 3.54. The van der Waals surface area contributed by atoms with Crippen molar-refractivity contribution in [2.75, 3.05) is 14.2 Å². The average Bonchev–Trinajstić information content (AvgIpc) is 2.82. The molecule has 114 valence electrons. The van der Waals surface area contributed by atoms with Crippen molar-refractivity contribution in [1.82, 2.24) is 5.32 Å². The highest BCUT2D eigenvalue weighted by Gasteiger charge is 2.13. The second-order valence-corrected chi connectivity index (χ2v) is 7.02. The fraction of sp³-hybridized carbons (Fsp3) is 0.375. The van der Waals surface area contributed by atoms with Gasteiger partial charge in [0.05, 0.1) is 14.2 Å². The van der Waals surface area contributed by atoms with E-state index in [1.165, 1.54) is 14.2 Å². The summed E-state index contributed by atoms with van der Waals surface area (Å²) in [5.74, 6) is 1.72. The maximum absolute atomic E-state index is 5.44. The van der Waals surface area contributed by atoms with Gasteiger partial charge in [-0.05, 0) is 54.0 Å². The van der Waals surface area contributed by atoms with Crippen LogP contribution in [-0.2, 0) is 6.54 Å². The Hall–Kier alpha value is -1.04. The van der Waals surface area contributed by atoms with Gasteiger partial charge < -0.3 is 14.8 Å². The number of hydrogen-bond acceptors (Lipinski definition) is 4. The topological polar surface area (TPSA) is 30.5 Å². The summed E-state index contributed by atoms with van der Waals surface area (Å²) < 4.78 is 11.9. The van der Waals surface area contributed by atoms with Crippen molar-refractivity contribution in [3.8, 4) is 11.5 Å². The molecule has 1 N–H and O–H groups in total. The largest absolute Gasteiger partial charge is 0.497 e. The SMILES string of the molecule is COc1ccc(OC)c(C(C)NCc2cc(Br)c(C)s2)c1. The summed E-state index contributed by atoms with van der Waals surface area (Å²) in [6.45, 7) is 5.08. The first-order valence-electron chi connectivity index (χ1n) is 6.75.